The van der Waals surface area contributed by atoms with Gasteiger partial charge < -0.3 is 18.7 Å². The van der Waals surface area contributed by atoms with Crippen LogP contribution in [0.2, 0.25) is 5.02 Å². The lowest BCUT2D eigenvalue weighted by Crippen LogP contribution is -2.22. The summed E-state index contributed by atoms with van der Waals surface area (Å²) in [5, 5.41) is 9.04. The van der Waals surface area contributed by atoms with Crippen molar-refractivity contribution in [1.82, 2.24) is 19.3 Å². The molecule has 0 amide bonds. The van der Waals surface area contributed by atoms with Crippen molar-refractivity contribution in [2.24, 2.45) is 12.2 Å². The number of nitrogens with zero attached hydrogens (tertiary/aromatic N) is 5. The number of benzene rings is 3. The molecule has 3 aromatic carbocycles. The Bertz CT molecular complexity index is 1750. The number of para-hydroxylation sites is 1. The smallest absolute Gasteiger partial charge is 0.353 e. The highest BCUT2D eigenvalue weighted by Gasteiger charge is 2.17. The van der Waals surface area contributed by atoms with Gasteiger partial charge in [-0.25, -0.2) is 19.0 Å². The number of oxazole rings is 1. The maximum absolute atomic E-state index is 12.7. The van der Waals surface area contributed by atoms with E-state index in [0.717, 1.165) is 22.3 Å². The van der Waals surface area contributed by atoms with E-state index in [2.05, 4.69) is 15.2 Å². The summed E-state index contributed by atoms with van der Waals surface area (Å²) >= 11 is 5.95. The second-order valence-corrected chi connectivity index (χ2v) is 9.66. The topological polar surface area (TPSA) is 106 Å². The number of oxime groups is 1. The summed E-state index contributed by atoms with van der Waals surface area (Å²) in [5.74, 6) is 1.17. The molecule has 5 aromatic rings. The van der Waals surface area contributed by atoms with Gasteiger partial charge in [0, 0.05) is 28.8 Å². The largest absolute Gasteiger partial charge is 0.489 e. The Morgan fingerprint density at radius 1 is 1.07 bits per heavy atom. The first-order valence-electron chi connectivity index (χ1n) is 12.7. The summed E-state index contributed by atoms with van der Waals surface area (Å²) < 4.78 is 19.6. The highest BCUT2D eigenvalue weighted by Crippen LogP contribution is 2.24. The molecule has 0 radical (unpaired) electrons. The van der Waals surface area contributed by atoms with E-state index >= 15 is 0 Å². The number of methoxy groups -OCH3 is 1. The summed E-state index contributed by atoms with van der Waals surface area (Å²) in [4.78, 5) is 22.6. The van der Waals surface area contributed by atoms with Crippen molar-refractivity contribution < 1.29 is 18.7 Å². The molecule has 2 aromatic heterocycles. The van der Waals surface area contributed by atoms with Gasteiger partial charge in [-0.1, -0.05) is 35.0 Å². The molecule has 11 heteroatoms. The number of rotatable bonds is 10. The molecule has 0 spiro atoms. The van der Waals surface area contributed by atoms with Crippen LogP contribution >= 0.6 is 11.6 Å². The van der Waals surface area contributed by atoms with Crippen LogP contribution in [0.25, 0.3) is 17.1 Å². The molecular weight excluding hydrogens is 546 g/mol. The Hall–Kier alpha value is -4.83. The Kier molecular flexibility index (Phi) is 8.21. The molecule has 0 atom stereocenters. The summed E-state index contributed by atoms with van der Waals surface area (Å²) in [6.45, 7) is 4.26. The normalized spacial score (nSPS) is 11.5. The third-order valence-electron chi connectivity index (χ3n) is 6.35. The van der Waals surface area contributed by atoms with Crippen molar-refractivity contribution in [2.75, 3.05) is 7.11 Å². The first-order valence-corrected chi connectivity index (χ1v) is 13.1. The zero-order valence-corrected chi connectivity index (χ0v) is 23.8. The number of hydrogen-bond acceptors (Lipinski definition) is 8. The van der Waals surface area contributed by atoms with Crippen LogP contribution in [0.1, 0.15) is 29.3 Å². The van der Waals surface area contributed by atoms with E-state index in [1.165, 1.54) is 16.4 Å². The van der Waals surface area contributed by atoms with Crippen molar-refractivity contribution in [3.8, 4) is 28.9 Å². The number of hydrogen-bond donors (Lipinski definition) is 0. The molecule has 210 valence electrons. The Morgan fingerprint density at radius 3 is 2.61 bits per heavy atom. The summed E-state index contributed by atoms with van der Waals surface area (Å²) in [5.41, 5.74) is 5.19. The van der Waals surface area contributed by atoms with Gasteiger partial charge in [-0.2, -0.15) is 0 Å². The van der Waals surface area contributed by atoms with Crippen LogP contribution in [-0.2, 0) is 25.1 Å². The average Bonchev–Trinajstić information content (AvgIpc) is 3.56. The second kappa shape index (κ2) is 12.1. The molecule has 0 fully saturated rings. The maximum Gasteiger partial charge on any atom is 0.353 e. The molecule has 0 saturated heterocycles. The molecule has 2 heterocycles. The Morgan fingerprint density at radius 2 is 1.85 bits per heavy atom. The monoisotopic (exact) mass is 573 g/mol. The highest BCUT2D eigenvalue weighted by molar-refractivity contribution is 6.30. The van der Waals surface area contributed by atoms with Crippen LogP contribution in [0.4, 0.5) is 0 Å². The SMILES string of the molecule is COc1nn(C)c(=O)n1-c1ccccc1COc1ccc(/C(C)=N/OCc2coc(-c3ccc(Cl)cc3)n2)c(C)c1. The van der Waals surface area contributed by atoms with Crippen LogP contribution in [0, 0.1) is 6.92 Å². The van der Waals surface area contributed by atoms with Gasteiger partial charge in [0.15, 0.2) is 6.61 Å². The molecule has 0 saturated carbocycles. The maximum atomic E-state index is 12.7. The number of halogens is 1. The van der Waals surface area contributed by atoms with E-state index in [0.29, 0.717) is 33.8 Å². The van der Waals surface area contributed by atoms with Crippen LogP contribution < -0.4 is 15.2 Å². The summed E-state index contributed by atoms with van der Waals surface area (Å²) in [7, 11) is 3.05. The van der Waals surface area contributed by atoms with Crippen molar-refractivity contribution in [3.63, 3.8) is 0 Å². The Balaban J connectivity index is 1.23. The number of aromatic nitrogens is 4. The van der Waals surface area contributed by atoms with Crippen molar-refractivity contribution in [3.05, 3.63) is 111 Å². The van der Waals surface area contributed by atoms with Gasteiger partial charge in [0.2, 0.25) is 5.89 Å². The standard InChI is InChI=1S/C30H28ClN5O5/c1-19-15-25(39-16-22-7-5-6-8-27(22)36-29(38-4)33-35(3)30(36)37)13-14-26(19)20(2)34-41-18-24-17-40-28(32-24)21-9-11-23(31)12-10-21/h5-15,17H,16,18H2,1-4H3/b34-20+. The minimum absolute atomic E-state index is 0.166. The average molecular weight is 574 g/mol. The van der Waals surface area contributed by atoms with E-state index in [9.17, 15) is 4.79 Å². The lowest BCUT2D eigenvalue weighted by Gasteiger charge is -2.13. The third-order valence-corrected chi connectivity index (χ3v) is 6.60. The molecule has 0 aliphatic carbocycles. The molecule has 0 aliphatic heterocycles. The van der Waals surface area contributed by atoms with Crippen LogP contribution in [0.5, 0.6) is 11.8 Å². The predicted octanol–water partition coefficient (Wildman–Crippen LogP) is 5.72. The van der Waals surface area contributed by atoms with Gasteiger partial charge >= 0.3 is 11.7 Å². The van der Waals surface area contributed by atoms with Crippen LogP contribution in [-0.4, -0.2) is 32.2 Å². The van der Waals surface area contributed by atoms with Crippen LogP contribution in [0.3, 0.4) is 0 Å². The molecule has 41 heavy (non-hydrogen) atoms. The molecule has 0 aliphatic rings. The van der Waals surface area contributed by atoms with Crippen LogP contribution in [0.15, 0.2) is 87.4 Å². The van der Waals surface area contributed by atoms with Gasteiger partial charge in [0.25, 0.3) is 0 Å². The summed E-state index contributed by atoms with van der Waals surface area (Å²) in [6, 6.07) is 20.7. The number of ether oxygens (including phenoxy) is 2. The fourth-order valence-corrected chi connectivity index (χ4v) is 4.39. The lowest BCUT2D eigenvalue weighted by atomic mass is 10.0. The minimum Gasteiger partial charge on any atom is -0.489 e. The van der Waals surface area contributed by atoms with Gasteiger partial charge in [0.05, 0.1) is 18.5 Å². The van der Waals surface area contributed by atoms with Crippen molar-refractivity contribution >= 4 is 17.3 Å². The highest BCUT2D eigenvalue weighted by atomic mass is 35.5. The lowest BCUT2D eigenvalue weighted by molar-refractivity contribution is 0.127. The second-order valence-electron chi connectivity index (χ2n) is 9.22. The predicted molar refractivity (Wildman–Crippen MR) is 155 cm³/mol. The van der Waals surface area contributed by atoms with Gasteiger partial charge in [-0.05, 0) is 67.9 Å². The minimum atomic E-state index is -0.308. The van der Waals surface area contributed by atoms with Crippen molar-refractivity contribution in [2.45, 2.75) is 27.1 Å². The zero-order valence-electron chi connectivity index (χ0n) is 23.0. The molecule has 0 bridgehead atoms. The number of aryl methyl sites for hydroxylation is 2. The van der Waals surface area contributed by atoms with Crippen molar-refractivity contribution in [1.29, 1.82) is 0 Å². The van der Waals surface area contributed by atoms with E-state index in [-0.39, 0.29) is 24.9 Å². The molecule has 5 rings (SSSR count). The first-order chi connectivity index (χ1) is 19.8. The fraction of sp³-hybridized carbons (Fsp3) is 0.200. The molecule has 0 N–H and O–H groups in total. The van der Waals surface area contributed by atoms with Gasteiger partial charge in [-0.15, -0.1) is 5.10 Å². The van der Waals surface area contributed by atoms with E-state index in [1.54, 1.807) is 25.4 Å². The molecule has 0 unspecified atom stereocenters. The van der Waals surface area contributed by atoms with Gasteiger partial charge in [0.1, 0.15) is 24.3 Å². The van der Waals surface area contributed by atoms with E-state index in [1.807, 2.05) is 68.4 Å². The van der Waals surface area contributed by atoms with Gasteiger partial charge in [-0.3, -0.25) is 0 Å². The van der Waals surface area contributed by atoms with E-state index in [4.69, 9.17) is 30.3 Å². The quantitative estimate of drug-likeness (QED) is 0.155. The fourth-order valence-electron chi connectivity index (χ4n) is 4.27. The van der Waals surface area contributed by atoms with E-state index < -0.39 is 0 Å². The zero-order chi connectivity index (χ0) is 28.9. The molecular formula is C30H28ClN5O5. The first kappa shape index (κ1) is 27.7. The Labute approximate surface area is 241 Å². The summed E-state index contributed by atoms with van der Waals surface area (Å²) in [6.07, 6.45) is 1.55. The third kappa shape index (κ3) is 6.17. The molecule has 10 nitrogen and oxygen atoms in total.